The van der Waals surface area contributed by atoms with Gasteiger partial charge in [-0.3, -0.25) is 4.68 Å². The Hall–Kier alpha value is -4.48. The van der Waals surface area contributed by atoms with Gasteiger partial charge in [-0.1, -0.05) is 18.2 Å². The maximum absolute atomic E-state index is 13.4. The van der Waals surface area contributed by atoms with E-state index in [2.05, 4.69) is 48.4 Å². The summed E-state index contributed by atoms with van der Waals surface area (Å²) in [6, 6.07) is 8.33. The predicted molar refractivity (Wildman–Crippen MR) is 152 cm³/mol. The number of benzene rings is 1. The van der Waals surface area contributed by atoms with Crippen LogP contribution in [0.25, 0.3) is 22.2 Å². The normalized spacial score (nSPS) is 17.3. The van der Waals surface area contributed by atoms with Crippen molar-refractivity contribution in [3.8, 4) is 11.1 Å². The molecule has 0 spiro atoms. The second kappa shape index (κ2) is 10.2. The Balaban J connectivity index is 1.07. The molecule has 0 amide bonds. The predicted octanol–water partition coefficient (Wildman–Crippen LogP) is 3.68. The van der Waals surface area contributed by atoms with Gasteiger partial charge in [0.1, 0.15) is 17.7 Å². The third-order valence-electron chi connectivity index (χ3n) is 8.00. The fraction of sp³-hybridized carbons (Fsp3) is 0.300. The van der Waals surface area contributed by atoms with Crippen LogP contribution in [0.3, 0.4) is 0 Å². The molecule has 208 valence electrons. The van der Waals surface area contributed by atoms with Gasteiger partial charge < -0.3 is 15.4 Å². The summed E-state index contributed by atoms with van der Waals surface area (Å²) in [6.07, 6.45) is 14.0. The Morgan fingerprint density at radius 1 is 1.00 bits per heavy atom. The summed E-state index contributed by atoms with van der Waals surface area (Å²) in [7, 11) is 0. The number of fused-ring (bicyclic) bond motifs is 1. The first-order chi connectivity index (χ1) is 19.9. The number of ether oxygens (including phenoxy) is 1. The minimum absolute atomic E-state index is 0.294. The van der Waals surface area contributed by atoms with Crippen LogP contribution in [-0.2, 0) is 16.8 Å². The van der Waals surface area contributed by atoms with E-state index < -0.39 is 5.54 Å². The molecule has 1 atom stereocenters. The fourth-order valence-electron chi connectivity index (χ4n) is 5.37. The Morgan fingerprint density at radius 2 is 1.80 bits per heavy atom. The second-order valence-electron chi connectivity index (χ2n) is 10.9. The topological polar surface area (TPSA) is 112 Å². The summed E-state index contributed by atoms with van der Waals surface area (Å²) >= 11 is 0. The molecular weight excluding hydrogens is 521 g/mol. The molecule has 0 unspecified atom stereocenters. The summed E-state index contributed by atoms with van der Waals surface area (Å²) < 4.78 is 22.5. The summed E-state index contributed by atoms with van der Waals surface area (Å²) in [5, 5.41) is 8.98. The minimum Gasteiger partial charge on any atom is -0.381 e. The zero-order valence-corrected chi connectivity index (χ0v) is 22.7. The third kappa shape index (κ3) is 4.87. The van der Waals surface area contributed by atoms with Gasteiger partial charge in [0, 0.05) is 67.0 Å². The molecule has 0 saturated carbocycles. The quantitative estimate of drug-likeness (QED) is 0.326. The average molecular weight is 552 g/mol. The summed E-state index contributed by atoms with van der Waals surface area (Å²) in [6.45, 7) is 5.81. The van der Waals surface area contributed by atoms with Crippen molar-refractivity contribution < 1.29 is 9.13 Å². The second-order valence-corrected chi connectivity index (χ2v) is 10.9. The molecular formula is C30H30FN9O. The van der Waals surface area contributed by atoms with Crippen LogP contribution in [-0.4, -0.2) is 60.6 Å². The highest BCUT2D eigenvalue weighted by atomic mass is 19.1. The first-order valence-electron chi connectivity index (χ1n) is 13.7. The van der Waals surface area contributed by atoms with Gasteiger partial charge in [0.15, 0.2) is 11.6 Å². The van der Waals surface area contributed by atoms with E-state index in [-0.39, 0.29) is 5.82 Å². The van der Waals surface area contributed by atoms with Gasteiger partial charge in [-0.05, 0) is 42.7 Å². The number of hydrogen-bond acceptors (Lipinski definition) is 8. The number of nitrogens with two attached hydrogens (primary N) is 1. The van der Waals surface area contributed by atoms with E-state index in [0.717, 1.165) is 71.9 Å². The lowest BCUT2D eigenvalue weighted by atomic mass is 9.87. The van der Waals surface area contributed by atoms with Gasteiger partial charge in [-0.15, -0.1) is 0 Å². The van der Waals surface area contributed by atoms with Gasteiger partial charge in [0.25, 0.3) is 0 Å². The first kappa shape index (κ1) is 25.5. The molecule has 7 rings (SSSR count). The zero-order valence-electron chi connectivity index (χ0n) is 22.7. The van der Waals surface area contributed by atoms with Crippen molar-refractivity contribution in [3.05, 3.63) is 96.5 Å². The monoisotopic (exact) mass is 551 g/mol. The van der Waals surface area contributed by atoms with Gasteiger partial charge in [-0.25, -0.2) is 23.9 Å². The van der Waals surface area contributed by atoms with Crippen LogP contribution in [0.4, 0.5) is 10.2 Å². The van der Waals surface area contributed by atoms with Gasteiger partial charge in [-0.2, -0.15) is 10.2 Å². The lowest BCUT2D eigenvalue weighted by Crippen LogP contribution is -2.34. The van der Waals surface area contributed by atoms with Crippen LogP contribution in [0.1, 0.15) is 30.3 Å². The van der Waals surface area contributed by atoms with E-state index in [1.54, 1.807) is 30.9 Å². The molecule has 6 heterocycles. The number of halogens is 1. The molecule has 5 aromatic rings. The van der Waals surface area contributed by atoms with Crippen molar-refractivity contribution >= 4 is 16.9 Å². The minimum atomic E-state index is -0.831. The van der Waals surface area contributed by atoms with E-state index in [0.29, 0.717) is 18.3 Å². The van der Waals surface area contributed by atoms with Crippen LogP contribution in [0.5, 0.6) is 0 Å². The number of hydrogen-bond donors (Lipinski definition) is 1. The van der Waals surface area contributed by atoms with Crippen molar-refractivity contribution in [3.63, 3.8) is 0 Å². The van der Waals surface area contributed by atoms with Crippen LogP contribution in [0, 0.1) is 11.7 Å². The lowest BCUT2D eigenvalue weighted by Gasteiger charge is -2.28. The Kier molecular flexibility index (Phi) is 6.32. The first-order valence-corrected chi connectivity index (χ1v) is 13.7. The average Bonchev–Trinajstić information content (AvgIpc) is 3.63. The number of aromatic nitrogens is 7. The largest absolute Gasteiger partial charge is 0.381 e. The molecule has 1 saturated heterocycles. The maximum Gasteiger partial charge on any atom is 0.156 e. The van der Waals surface area contributed by atoms with E-state index in [1.165, 1.54) is 12.1 Å². The molecule has 10 nitrogen and oxygen atoms in total. The molecule has 41 heavy (non-hydrogen) atoms. The highest BCUT2D eigenvalue weighted by Gasteiger charge is 2.26. The van der Waals surface area contributed by atoms with Crippen LogP contribution in [0.15, 0.2) is 73.7 Å². The molecule has 2 N–H and O–H groups in total. The van der Waals surface area contributed by atoms with Crippen LogP contribution in [0.2, 0.25) is 0 Å². The molecule has 0 aliphatic carbocycles. The standard InChI is InChI=1S/C30H30FN9O/c1-30(32,24-2-4-26(31)5-3-24)25-12-33-28(34-13-25)21-6-8-38(9-7-21)29-27-10-22(16-40(27)37-19-35-29)23-11-36-39(15-23)14-20-17-41-18-20/h2-6,10-13,15-16,19-20H,7-9,14,17-18,32H2,1H3/t30-/m0/s1. The number of anilines is 1. The molecule has 0 radical (unpaired) electrons. The SMILES string of the molecule is C[C@](N)(c1ccc(F)cc1)c1cnc(C2=CCN(c3ncnn4cc(-c5cnn(CC6COC6)c5)cc34)CC2)nc1. The highest BCUT2D eigenvalue weighted by molar-refractivity contribution is 5.78. The van der Waals surface area contributed by atoms with Crippen molar-refractivity contribution in [2.75, 3.05) is 31.2 Å². The van der Waals surface area contributed by atoms with E-state index in [4.69, 9.17) is 10.5 Å². The summed E-state index contributed by atoms with van der Waals surface area (Å²) in [5.41, 5.74) is 11.5. The van der Waals surface area contributed by atoms with Crippen LogP contribution < -0.4 is 10.6 Å². The maximum atomic E-state index is 13.4. The molecule has 1 aromatic carbocycles. The highest BCUT2D eigenvalue weighted by Crippen LogP contribution is 2.30. The van der Waals surface area contributed by atoms with Crippen molar-refractivity contribution in [1.82, 2.24) is 34.3 Å². The molecule has 4 aromatic heterocycles. The van der Waals surface area contributed by atoms with E-state index in [1.807, 2.05) is 28.5 Å². The molecule has 0 bridgehead atoms. The third-order valence-corrected chi connectivity index (χ3v) is 8.00. The smallest absolute Gasteiger partial charge is 0.156 e. The molecule has 2 aliphatic rings. The molecule has 1 fully saturated rings. The Morgan fingerprint density at radius 3 is 2.51 bits per heavy atom. The fourth-order valence-corrected chi connectivity index (χ4v) is 5.37. The number of rotatable bonds is 7. The number of nitrogens with zero attached hydrogens (tertiary/aromatic N) is 8. The zero-order chi connectivity index (χ0) is 28.0. The Bertz CT molecular complexity index is 1720. The van der Waals surface area contributed by atoms with Crippen molar-refractivity contribution in [1.29, 1.82) is 0 Å². The van der Waals surface area contributed by atoms with Crippen molar-refractivity contribution in [2.24, 2.45) is 11.7 Å². The van der Waals surface area contributed by atoms with Gasteiger partial charge >= 0.3 is 0 Å². The van der Waals surface area contributed by atoms with Crippen molar-refractivity contribution in [2.45, 2.75) is 25.4 Å². The van der Waals surface area contributed by atoms with Gasteiger partial charge in [0.05, 0.1) is 24.9 Å². The summed E-state index contributed by atoms with van der Waals surface area (Å²) in [4.78, 5) is 16.1. The van der Waals surface area contributed by atoms with E-state index >= 15 is 0 Å². The lowest BCUT2D eigenvalue weighted by molar-refractivity contribution is -0.0408. The van der Waals surface area contributed by atoms with E-state index in [9.17, 15) is 4.39 Å². The van der Waals surface area contributed by atoms with Gasteiger partial charge in [0.2, 0.25) is 0 Å². The van der Waals surface area contributed by atoms with Crippen LogP contribution >= 0.6 is 0 Å². The Labute approximate surface area is 236 Å². The molecule has 11 heteroatoms. The summed E-state index contributed by atoms with van der Waals surface area (Å²) in [5.74, 6) is 1.81. The molecule has 2 aliphatic heterocycles.